The molecule has 0 rings (SSSR count). The minimum atomic E-state index is -0.377. The predicted octanol–water partition coefficient (Wildman–Crippen LogP) is 2.00. The molecule has 13 heavy (non-hydrogen) atoms. The second-order valence-corrected chi connectivity index (χ2v) is 3.34. The standard InChI is InChI=1S/C9H19FN2S/c1-2-3-4-5-7-11-9(13)12-8-6-10/h2-8H2,1H3,(H2,11,12,13). The van der Waals surface area contributed by atoms with Crippen LogP contribution >= 0.6 is 12.2 Å². The highest BCUT2D eigenvalue weighted by molar-refractivity contribution is 7.80. The Hall–Kier alpha value is -0.380. The van der Waals surface area contributed by atoms with Crippen molar-refractivity contribution in [3.63, 3.8) is 0 Å². The van der Waals surface area contributed by atoms with Crippen molar-refractivity contribution in [2.45, 2.75) is 32.6 Å². The molecule has 0 aliphatic rings. The first-order valence-corrected chi connectivity index (χ1v) is 5.29. The molecule has 0 aromatic carbocycles. The monoisotopic (exact) mass is 206 g/mol. The van der Waals surface area contributed by atoms with Gasteiger partial charge in [0.2, 0.25) is 0 Å². The zero-order chi connectivity index (χ0) is 9.94. The topological polar surface area (TPSA) is 24.1 Å². The van der Waals surface area contributed by atoms with Gasteiger partial charge in [-0.3, -0.25) is 0 Å². The lowest BCUT2D eigenvalue weighted by Crippen LogP contribution is -2.36. The number of rotatable bonds is 7. The highest BCUT2D eigenvalue weighted by atomic mass is 32.1. The average molecular weight is 206 g/mol. The molecule has 0 aliphatic heterocycles. The second kappa shape index (κ2) is 9.71. The van der Waals surface area contributed by atoms with E-state index < -0.39 is 0 Å². The van der Waals surface area contributed by atoms with E-state index in [-0.39, 0.29) is 6.67 Å². The normalized spacial score (nSPS) is 9.69. The molecule has 0 aliphatic carbocycles. The van der Waals surface area contributed by atoms with E-state index in [9.17, 15) is 4.39 Å². The van der Waals surface area contributed by atoms with Gasteiger partial charge in [0.1, 0.15) is 6.67 Å². The lowest BCUT2D eigenvalue weighted by Gasteiger charge is -2.08. The maximum absolute atomic E-state index is 11.7. The van der Waals surface area contributed by atoms with Gasteiger partial charge in [0.05, 0.1) is 0 Å². The van der Waals surface area contributed by atoms with E-state index in [0.717, 1.165) is 13.0 Å². The Morgan fingerprint density at radius 2 is 1.85 bits per heavy atom. The summed E-state index contributed by atoms with van der Waals surface area (Å²) in [5.74, 6) is 0. The van der Waals surface area contributed by atoms with Gasteiger partial charge in [-0.15, -0.1) is 0 Å². The number of alkyl halides is 1. The minimum absolute atomic E-state index is 0.306. The van der Waals surface area contributed by atoms with Crippen LogP contribution < -0.4 is 10.6 Å². The third-order valence-electron chi connectivity index (χ3n) is 1.70. The smallest absolute Gasteiger partial charge is 0.166 e. The van der Waals surface area contributed by atoms with E-state index in [4.69, 9.17) is 12.2 Å². The summed E-state index contributed by atoms with van der Waals surface area (Å²) < 4.78 is 11.7. The summed E-state index contributed by atoms with van der Waals surface area (Å²) in [4.78, 5) is 0. The molecular weight excluding hydrogens is 187 g/mol. The van der Waals surface area contributed by atoms with Crippen molar-refractivity contribution >= 4 is 17.3 Å². The quantitative estimate of drug-likeness (QED) is 0.492. The van der Waals surface area contributed by atoms with Gasteiger partial charge in [-0.2, -0.15) is 0 Å². The van der Waals surface area contributed by atoms with E-state index >= 15 is 0 Å². The lowest BCUT2D eigenvalue weighted by molar-refractivity contribution is 0.490. The van der Waals surface area contributed by atoms with Gasteiger partial charge in [-0.25, -0.2) is 4.39 Å². The van der Waals surface area contributed by atoms with Crippen LogP contribution in [0.15, 0.2) is 0 Å². The first-order chi connectivity index (χ1) is 6.31. The largest absolute Gasteiger partial charge is 0.363 e. The van der Waals surface area contributed by atoms with Gasteiger partial charge in [-0.05, 0) is 18.6 Å². The van der Waals surface area contributed by atoms with Crippen LogP contribution in [-0.4, -0.2) is 24.9 Å². The summed E-state index contributed by atoms with van der Waals surface area (Å²) >= 11 is 4.91. The Labute approximate surface area is 85.3 Å². The van der Waals surface area contributed by atoms with Gasteiger partial charge in [0.25, 0.3) is 0 Å². The second-order valence-electron chi connectivity index (χ2n) is 2.93. The maximum atomic E-state index is 11.7. The van der Waals surface area contributed by atoms with Crippen molar-refractivity contribution in [2.75, 3.05) is 19.8 Å². The third-order valence-corrected chi connectivity index (χ3v) is 1.98. The zero-order valence-corrected chi connectivity index (χ0v) is 9.05. The van der Waals surface area contributed by atoms with E-state index in [1.165, 1.54) is 19.3 Å². The van der Waals surface area contributed by atoms with Crippen LogP contribution in [0, 0.1) is 0 Å². The Balaban J connectivity index is 3.08. The summed E-state index contributed by atoms with van der Waals surface area (Å²) in [5.41, 5.74) is 0. The van der Waals surface area contributed by atoms with Gasteiger partial charge in [0, 0.05) is 13.1 Å². The molecule has 4 heteroatoms. The lowest BCUT2D eigenvalue weighted by atomic mass is 10.2. The number of halogens is 1. The third kappa shape index (κ3) is 9.53. The predicted molar refractivity (Wildman–Crippen MR) is 58.7 cm³/mol. The van der Waals surface area contributed by atoms with Gasteiger partial charge >= 0.3 is 0 Å². The number of thiocarbonyl (C=S) groups is 1. The average Bonchev–Trinajstić information content (AvgIpc) is 2.14. The summed E-state index contributed by atoms with van der Waals surface area (Å²) in [6.07, 6.45) is 4.87. The first-order valence-electron chi connectivity index (χ1n) is 4.89. The maximum Gasteiger partial charge on any atom is 0.166 e. The van der Waals surface area contributed by atoms with E-state index in [1.807, 2.05) is 0 Å². The fourth-order valence-electron chi connectivity index (χ4n) is 0.977. The molecule has 78 valence electrons. The van der Waals surface area contributed by atoms with Gasteiger partial charge in [0.15, 0.2) is 5.11 Å². The Bertz CT molecular complexity index is 131. The molecule has 0 fully saturated rings. The molecule has 0 atom stereocenters. The molecule has 0 amide bonds. The van der Waals surface area contributed by atoms with Crippen LogP contribution in [0.2, 0.25) is 0 Å². The molecular formula is C9H19FN2S. The molecule has 0 aromatic rings. The van der Waals surface area contributed by atoms with Crippen LogP contribution in [-0.2, 0) is 0 Å². The van der Waals surface area contributed by atoms with Crippen LogP contribution in [0.3, 0.4) is 0 Å². The molecule has 0 bridgehead atoms. The Morgan fingerprint density at radius 3 is 2.46 bits per heavy atom. The van der Waals surface area contributed by atoms with Gasteiger partial charge < -0.3 is 10.6 Å². The Kier molecular flexibility index (Phi) is 9.42. The molecule has 0 aromatic heterocycles. The molecule has 2 nitrogen and oxygen atoms in total. The highest BCUT2D eigenvalue weighted by Crippen LogP contribution is 1.96. The number of hydrogen-bond acceptors (Lipinski definition) is 1. The van der Waals surface area contributed by atoms with Crippen molar-refractivity contribution in [3.8, 4) is 0 Å². The molecule has 0 saturated heterocycles. The summed E-state index contributed by atoms with van der Waals surface area (Å²) in [7, 11) is 0. The van der Waals surface area contributed by atoms with E-state index in [1.54, 1.807) is 0 Å². The summed E-state index contributed by atoms with van der Waals surface area (Å²) in [6.45, 7) is 3.00. The van der Waals surface area contributed by atoms with E-state index in [0.29, 0.717) is 11.7 Å². The van der Waals surface area contributed by atoms with Crippen molar-refractivity contribution in [1.82, 2.24) is 10.6 Å². The van der Waals surface area contributed by atoms with Gasteiger partial charge in [-0.1, -0.05) is 26.2 Å². The minimum Gasteiger partial charge on any atom is -0.363 e. The van der Waals surface area contributed by atoms with Crippen molar-refractivity contribution in [2.24, 2.45) is 0 Å². The fraction of sp³-hybridized carbons (Fsp3) is 0.889. The zero-order valence-electron chi connectivity index (χ0n) is 8.24. The first kappa shape index (κ1) is 12.6. The number of hydrogen-bond donors (Lipinski definition) is 2. The fourth-order valence-corrected chi connectivity index (χ4v) is 1.18. The van der Waals surface area contributed by atoms with Crippen LogP contribution in [0.1, 0.15) is 32.6 Å². The molecule has 0 heterocycles. The molecule has 0 saturated carbocycles. The number of unbranched alkanes of at least 4 members (excludes halogenated alkanes) is 3. The van der Waals surface area contributed by atoms with Crippen LogP contribution in [0.25, 0.3) is 0 Å². The summed E-state index contributed by atoms with van der Waals surface area (Å²) in [6, 6.07) is 0. The Morgan fingerprint density at radius 1 is 1.15 bits per heavy atom. The highest BCUT2D eigenvalue weighted by Gasteiger charge is 1.93. The summed E-state index contributed by atoms with van der Waals surface area (Å²) in [5, 5.41) is 6.36. The van der Waals surface area contributed by atoms with Crippen molar-refractivity contribution < 1.29 is 4.39 Å². The van der Waals surface area contributed by atoms with Crippen LogP contribution in [0.5, 0.6) is 0 Å². The van der Waals surface area contributed by atoms with Crippen molar-refractivity contribution in [1.29, 1.82) is 0 Å². The molecule has 0 spiro atoms. The van der Waals surface area contributed by atoms with Crippen molar-refractivity contribution in [3.05, 3.63) is 0 Å². The molecule has 0 radical (unpaired) electrons. The van der Waals surface area contributed by atoms with E-state index in [2.05, 4.69) is 17.6 Å². The molecule has 2 N–H and O–H groups in total. The number of nitrogens with one attached hydrogen (secondary N) is 2. The molecule has 0 unspecified atom stereocenters. The SMILES string of the molecule is CCCCCCNC(=S)NCCF. The van der Waals surface area contributed by atoms with Crippen LogP contribution in [0.4, 0.5) is 4.39 Å².